The van der Waals surface area contributed by atoms with Crippen molar-refractivity contribution < 1.29 is 38.2 Å². The van der Waals surface area contributed by atoms with Crippen LogP contribution in [0.4, 0.5) is 5.82 Å². The van der Waals surface area contributed by atoms with Gasteiger partial charge in [-0.05, 0) is 313 Å². The number of nitrogens with zero attached hydrogens (tertiary/aromatic N) is 19. The fourth-order valence-electron chi connectivity index (χ4n) is 13.7. The van der Waals surface area contributed by atoms with Crippen LogP contribution in [-0.4, -0.2) is 287 Å². The van der Waals surface area contributed by atoms with Crippen molar-refractivity contribution in [2.45, 2.75) is 417 Å². The largest absolute Gasteiger partial charge is 0.434 e. The summed E-state index contributed by atoms with van der Waals surface area (Å²) in [5.41, 5.74) is 1.13. The Morgan fingerprint density at radius 3 is 1.12 bits per heavy atom. The van der Waals surface area contributed by atoms with Crippen LogP contribution in [0.15, 0.2) is 24.8 Å². The molecule has 2 amide bonds. The molecule has 0 saturated carbocycles. The normalized spacial score (nSPS) is 13.3. The lowest BCUT2D eigenvalue weighted by atomic mass is 9.90. The number of ether oxygens (including phenoxy) is 2. The van der Waals surface area contributed by atoms with Gasteiger partial charge in [0.25, 0.3) is 0 Å². The van der Waals surface area contributed by atoms with Crippen LogP contribution in [0.5, 0.6) is 0 Å². The van der Waals surface area contributed by atoms with E-state index in [1.165, 1.54) is 231 Å². The molecule has 754 valence electrons. The van der Waals surface area contributed by atoms with Crippen LogP contribution in [0.1, 0.15) is 416 Å². The number of hydrogen-bond donors (Lipinski definition) is 1. The van der Waals surface area contributed by atoms with E-state index in [4.69, 9.17) is 9.47 Å². The molecule has 28 nitrogen and oxygen atoms in total. The number of Topliss-reactive ketones (excluding diaryl/α,β-unsaturated/α-hetero) is 3. The zero-order valence-electron chi connectivity index (χ0n) is 88.9. The maximum atomic E-state index is 12.5. The van der Waals surface area contributed by atoms with Gasteiger partial charge in [-0.3, -0.25) is 28.9 Å². The van der Waals surface area contributed by atoms with E-state index < -0.39 is 5.97 Å². The van der Waals surface area contributed by atoms with Gasteiger partial charge in [0.15, 0.2) is 29.9 Å². The van der Waals surface area contributed by atoms with Gasteiger partial charge < -0.3 is 44.2 Å². The molecule has 1 aliphatic rings. The topological polar surface area (TPSA) is 278 Å². The van der Waals surface area contributed by atoms with Gasteiger partial charge in [0.05, 0.1) is 52.2 Å². The zero-order valence-corrected chi connectivity index (χ0v) is 89.7. The van der Waals surface area contributed by atoms with Gasteiger partial charge >= 0.3 is 5.97 Å². The van der Waals surface area contributed by atoms with Gasteiger partial charge in [-0.25, -0.2) is 23.5 Å². The number of unbranched alkanes of at least 4 members (excludes halogenated alkanes) is 19. The first-order valence-corrected chi connectivity index (χ1v) is 51.3. The van der Waals surface area contributed by atoms with E-state index in [0.29, 0.717) is 42.7 Å². The van der Waals surface area contributed by atoms with E-state index in [-0.39, 0.29) is 86.8 Å². The quantitative estimate of drug-likeness (QED) is 0.0141. The summed E-state index contributed by atoms with van der Waals surface area (Å²) >= 11 is 1.55. The molecule has 1 aliphatic heterocycles. The predicted octanol–water partition coefficient (Wildman–Crippen LogP) is 20.9. The molecular formula is C101H196N20O8S. The highest BCUT2D eigenvalue weighted by molar-refractivity contribution is 8.01. The number of imide groups is 1. The van der Waals surface area contributed by atoms with Gasteiger partial charge in [-0.1, -0.05) is 186 Å². The fraction of sp³-hybridized carbons (Fsp3) is 0.861. The minimum Gasteiger partial charge on any atom is -0.434 e. The lowest BCUT2D eigenvalue weighted by Crippen LogP contribution is -2.34. The van der Waals surface area contributed by atoms with E-state index >= 15 is 0 Å². The van der Waals surface area contributed by atoms with Crippen LogP contribution in [0.2, 0.25) is 0 Å². The first kappa shape index (κ1) is 124. The number of ketones is 3. The Bertz CT molecular complexity index is 3540. The van der Waals surface area contributed by atoms with Crippen LogP contribution in [0.3, 0.4) is 0 Å². The SMILES string of the molecule is CC(=O)c1cn(C(C)(C)C)nn1.CCCCCCCCCCCCCCC(=O)CCN1C(=O)CC(SC(C)(C)C)C1=O.CCCCN(C)CCCCN(C)CCCCC(=O)c1cn(C(C)(C)C)nn1.CCCCN(C)CCCCN(C)CCCCC(C)(C)C.CCCCN(C)CCCCN(C)CCCNc1cn(C(C)(C)C)nn1.CCOCOC(=O)c1cn(C(C)(C)C)nn1. The van der Waals surface area contributed by atoms with Crippen molar-refractivity contribution in [2.75, 3.05) is 153 Å². The van der Waals surface area contributed by atoms with Crippen molar-refractivity contribution in [3.63, 3.8) is 0 Å². The summed E-state index contributed by atoms with van der Waals surface area (Å²) in [6.45, 7) is 66.0. The van der Waals surface area contributed by atoms with Gasteiger partial charge in [0.1, 0.15) is 17.2 Å². The fourth-order valence-corrected chi connectivity index (χ4v) is 15.0. The summed E-state index contributed by atoms with van der Waals surface area (Å²) in [6, 6.07) is 0. The molecule has 0 spiro atoms. The number of thioether (sulfide) groups is 1. The highest BCUT2D eigenvalue weighted by atomic mass is 32.2. The van der Waals surface area contributed by atoms with Crippen LogP contribution >= 0.6 is 11.8 Å². The van der Waals surface area contributed by atoms with Crippen LogP contribution in [0, 0.1) is 5.41 Å². The molecule has 5 heterocycles. The summed E-state index contributed by atoms with van der Waals surface area (Å²) in [4.78, 5) is 87.3. The van der Waals surface area contributed by atoms with E-state index in [2.05, 4.69) is 229 Å². The molecule has 1 saturated heterocycles. The average molecular weight is 1850 g/mol. The second-order valence-electron chi connectivity index (χ2n) is 42.4. The van der Waals surface area contributed by atoms with Gasteiger partial charge in [0, 0.05) is 57.1 Å². The minimum atomic E-state index is -0.524. The number of hydrogen-bond acceptors (Lipinski definition) is 24. The smallest absolute Gasteiger partial charge is 0.362 e. The number of anilines is 1. The standard InChI is InChI=1S/C25H45NO3S.C21H41N5O.C19H40N6.C18H40N2.C10H17N3O3.C8H13N3O/c1-5-6-7-8-9-10-11-12-13-14-15-16-17-21(27)18-19-26-23(28)20-22(24(26)29)30-25(2,3)4;1-7-8-14-24(5)16-11-12-17-25(6)15-10-9-13-20(27)19-18-26(23-22-19)21(2,3)4;1-7-8-13-23(5)14-9-10-15-24(6)16-11-12-20-18-17-25(22-21-18)19(2,3)4;1-7-8-14-19(5)16-11-12-17-20(6)15-10-9-13-18(2,3)4;1-5-15-7-16-9(14)8-6-13(12-11-8)10(2,3)4;1-6(12)7-5-11(10-9-7)8(2,3)4/h22H,5-20H2,1-4H3;18H,7-17H2,1-6H3;17,20H,7-16H2,1-6H3;7-17H2,1-6H3;6H,5,7H2,1-4H3;5H,1-4H3. The Balaban J connectivity index is 0.00000157. The predicted molar refractivity (Wildman–Crippen MR) is 542 cm³/mol. The molecular weight excluding hydrogens is 1650 g/mol. The van der Waals surface area contributed by atoms with Crippen molar-refractivity contribution in [1.29, 1.82) is 0 Å². The highest BCUT2D eigenvalue weighted by Gasteiger charge is 2.41. The van der Waals surface area contributed by atoms with E-state index in [0.717, 1.165) is 64.1 Å². The molecule has 0 radical (unpaired) electrons. The third-order valence-electron chi connectivity index (χ3n) is 22.3. The van der Waals surface area contributed by atoms with Crippen molar-refractivity contribution in [1.82, 2.24) is 94.3 Å². The molecule has 1 N–H and O–H groups in total. The third kappa shape index (κ3) is 64.9. The maximum absolute atomic E-state index is 12.5. The van der Waals surface area contributed by atoms with Crippen molar-refractivity contribution in [3.05, 3.63) is 41.9 Å². The Morgan fingerprint density at radius 1 is 0.408 bits per heavy atom. The lowest BCUT2D eigenvalue weighted by Gasteiger charge is -2.21. The Hall–Kier alpha value is -5.95. The van der Waals surface area contributed by atoms with Crippen molar-refractivity contribution in [3.8, 4) is 0 Å². The number of carbonyl (C=O) groups is 6. The van der Waals surface area contributed by atoms with Crippen LogP contribution < -0.4 is 5.32 Å². The molecule has 0 aromatic carbocycles. The summed E-state index contributed by atoms with van der Waals surface area (Å²) < 4.78 is 16.6. The van der Waals surface area contributed by atoms with Crippen molar-refractivity contribution >= 4 is 52.7 Å². The van der Waals surface area contributed by atoms with E-state index in [1.807, 2.05) is 59.3 Å². The molecule has 1 atom stereocenters. The Labute approximate surface area is 797 Å². The molecule has 5 rings (SSSR count). The molecule has 1 unspecified atom stereocenters. The monoisotopic (exact) mass is 1850 g/mol. The lowest BCUT2D eigenvalue weighted by molar-refractivity contribution is -0.138. The van der Waals surface area contributed by atoms with Crippen molar-refractivity contribution in [2.24, 2.45) is 5.41 Å². The summed E-state index contributed by atoms with van der Waals surface area (Å²) in [7, 11) is 13.4. The molecule has 0 aliphatic carbocycles. The number of likely N-dealkylation sites (tertiary alicyclic amines) is 1. The molecule has 29 heteroatoms. The molecule has 4 aromatic rings. The number of nitrogens with one attached hydrogen (secondary N) is 1. The number of aromatic nitrogens is 12. The first-order chi connectivity index (χ1) is 61.0. The Kier molecular flexibility index (Phi) is 66.6. The summed E-state index contributed by atoms with van der Waals surface area (Å²) in [5, 5.41) is 34.7. The molecule has 130 heavy (non-hydrogen) atoms. The average Bonchev–Trinajstić information content (AvgIpc) is 1.68. The second-order valence-corrected chi connectivity index (χ2v) is 44.4. The number of rotatable bonds is 61. The van der Waals surface area contributed by atoms with E-state index in [1.54, 1.807) is 44.4 Å². The second kappa shape index (κ2) is 69.8. The minimum absolute atomic E-state index is 0.0161. The van der Waals surface area contributed by atoms with Gasteiger partial charge in [0.2, 0.25) is 11.8 Å². The first-order valence-electron chi connectivity index (χ1n) is 50.4. The molecule has 4 aromatic heterocycles. The van der Waals surface area contributed by atoms with Gasteiger partial charge in [-0.2, -0.15) is 0 Å². The number of esters is 1. The summed E-state index contributed by atoms with van der Waals surface area (Å²) in [6.07, 6.45) is 46.8. The van der Waals surface area contributed by atoms with Crippen LogP contribution in [-0.2, 0) is 46.0 Å². The van der Waals surface area contributed by atoms with E-state index in [9.17, 15) is 28.8 Å². The molecule has 0 bridgehead atoms. The maximum Gasteiger partial charge on any atom is 0.362 e. The zero-order chi connectivity index (χ0) is 98.4. The number of amides is 2. The number of carbonyl (C=O) groups excluding carboxylic acids is 6. The third-order valence-corrected chi connectivity index (χ3v) is 23.6. The Morgan fingerprint density at radius 2 is 0.746 bits per heavy atom. The van der Waals surface area contributed by atoms with Gasteiger partial charge in [-0.15, -0.1) is 32.2 Å². The van der Waals surface area contributed by atoms with Crippen LogP contribution in [0.25, 0.3) is 0 Å². The highest BCUT2D eigenvalue weighted by Crippen LogP contribution is 2.35. The molecule has 1 fully saturated rings. The summed E-state index contributed by atoms with van der Waals surface area (Å²) in [5.74, 6) is 0.331.